The standard InChI is InChI=1S/C32H38N4O6/c1-6-40-29(37)26-17-33-34(5)28(26)19-36(21-15-16-35(18-21)30(38)42-32(2,3)4)31(39)41-20-27-24-13-9-7-11-22(24)23-12-8-10-14-25(23)27/h7-14,17,21,27H,6,15-16,18-20H2,1-5H3/t21-/m0/s1. The third kappa shape index (κ3) is 5.98. The van der Waals surface area contributed by atoms with E-state index in [2.05, 4.69) is 29.4 Å². The summed E-state index contributed by atoms with van der Waals surface area (Å²) in [5.74, 6) is -0.605. The molecule has 0 spiro atoms. The van der Waals surface area contributed by atoms with E-state index >= 15 is 0 Å². The van der Waals surface area contributed by atoms with E-state index in [0.29, 0.717) is 18.7 Å². The average molecular weight is 575 g/mol. The normalized spacial score (nSPS) is 16.1. The Bertz CT molecular complexity index is 1430. The molecule has 2 amide bonds. The number of aryl methyl sites for hydroxylation is 1. The zero-order valence-electron chi connectivity index (χ0n) is 24.8. The van der Waals surface area contributed by atoms with Crippen molar-refractivity contribution in [2.45, 2.75) is 58.2 Å². The molecule has 10 nitrogen and oxygen atoms in total. The largest absolute Gasteiger partial charge is 0.462 e. The fourth-order valence-electron chi connectivity index (χ4n) is 5.70. The first kappa shape index (κ1) is 29.2. The molecule has 5 rings (SSSR count). The highest BCUT2D eigenvalue weighted by molar-refractivity contribution is 5.90. The molecule has 1 saturated heterocycles. The quantitative estimate of drug-likeness (QED) is 0.277. The summed E-state index contributed by atoms with van der Waals surface area (Å²) in [7, 11) is 1.72. The van der Waals surface area contributed by atoms with Gasteiger partial charge in [0.05, 0.1) is 31.1 Å². The van der Waals surface area contributed by atoms with Crippen LogP contribution in [0.2, 0.25) is 0 Å². The highest BCUT2D eigenvalue weighted by atomic mass is 16.6. The number of carbonyl (C=O) groups is 3. The summed E-state index contributed by atoms with van der Waals surface area (Å²) >= 11 is 0. The second-order valence-electron chi connectivity index (χ2n) is 11.6. The monoisotopic (exact) mass is 574 g/mol. The number of benzene rings is 2. The van der Waals surface area contributed by atoms with E-state index in [0.717, 1.165) is 22.3 Å². The predicted octanol–water partition coefficient (Wildman–Crippen LogP) is 5.36. The topological polar surface area (TPSA) is 103 Å². The molecular weight excluding hydrogens is 536 g/mol. The summed E-state index contributed by atoms with van der Waals surface area (Å²) in [6.45, 7) is 8.35. The molecule has 2 aliphatic rings. The van der Waals surface area contributed by atoms with Crippen LogP contribution >= 0.6 is 0 Å². The van der Waals surface area contributed by atoms with Crippen LogP contribution in [0.4, 0.5) is 9.59 Å². The zero-order valence-corrected chi connectivity index (χ0v) is 24.8. The minimum absolute atomic E-state index is 0.0636. The zero-order chi connectivity index (χ0) is 30.0. The van der Waals surface area contributed by atoms with E-state index in [-0.39, 0.29) is 43.8 Å². The van der Waals surface area contributed by atoms with Crippen molar-refractivity contribution in [3.05, 3.63) is 77.1 Å². The molecule has 0 saturated carbocycles. The van der Waals surface area contributed by atoms with Crippen LogP contribution in [0, 0.1) is 0 Å². The van der Waals surface area contributed by atoms with Crippen molar-refractivity contribution < 1.29 is 28.6 Å². The van der Waals surface area contributed by atoms with Crippen LogP contribution in [-0.4, -0.2) is 75.7 Å². The molecule has 1 aliphatic carbocycles. The lowest BCUT2D eigenvalue weighted by atomic mass is 9.98. The Kier molecular flexibility index (Phi) is 8.24. The van der Waals surface area contributed by atoms with E-state index in [1.807, 2.05) is 45.0 Å². The molecule has 222 valence electrons. The molecular formula is C32H38N4O6. The van der Waals surface area contributed by atoms with Gasteiger partial charge in [0.2, 0.25) is 0 Å². The van der Waals surface area contributed by atoms with Gasteiger partial charge in [-0.15, -0.1) is 0 Å². The van der Waals surface area contributed by atoms with Gasteiger partial charge in [0.1, 0.15) is 17.8 Å². The molecule has 10 heteroatoms. The fraction of sp³-hybridized carbons (Fsp3) is 0.438. The number of carbonyl (C=O) groups excluding carboxylic acids is 3. The van der Waals surface area contributed by atoms with E-state index in [1.165, 1.54) is 6.20 Å². The molecule has 3 aromatic rings. The summed E-state index contributed by atoms with van der Waals surface area (Å²) in [5.41, 5.74) is 4.70. The van der Waals surface area contributed by atoms with Gasteiger partial charge in [-0.2, -0.15) is 5.10 Å². The summed E-state index contributed by atoms with van der Waals surface area (Å²) in [5, 5.41) is 4.25. The van der Waals surface area contributed by atoms with Gasteiger partial charge in [-0.05, 0) is 56.4 Å². The van der Waals surface area contributed by atoms with Gasteiger partial charge in [-0.1, -0.05) is 48.5 Å². The summed E-state index contributed by atoms with van der Waals surface area (Å²) in [4.78, 5) is 42.6. The molecule has 1 aromatic heterocycles. The van der Waals surface area contributed by atoms with Crippen LogP contribution in [0.3, 0.4) is 0 Å². The van der Waals surface area contributed by atoms with Crippen molar-refractivity contribution in [3.63, 3.8) is 0 Å². The lowest BCUT2D eigenvalue weighted by molar-refractivity contribution is 0.0271. The maximum absolute atomic E-state index is 13.9. The molecule has 2 heterocycles. The number of fused-ring (bicyclic) bond motifs is 3. The number of hydrogen-bond donors (Lipinski definition) is 0. The van der Waals surface area contributed by atoms with Crippen molar-refractivity contribution >= 4 is 18.2 Å². The van der Waals surface area contributed by atoms with Crippen molar-refractivity contribution in [3.8, 4) is 11.1 Å². The minimum Gasteiger partial charge on any atom is -0.462 e. The number of aromatic nitrogens is 2. The van der Waals surface area contributed by atoms with Crippen LogP contribution in [0.1, 0.15) is 67.2 Å². The van der Waals surface area contributed by atoms with Crippen molar-refractivity contribution in [2.24, 2.45) is 7.05 Å². The predicted molar refractivity (Wildman–Crippen MR) is 156 cm³/mol. The minimum atomic E-state index is -0.634. The van der Waals surface area contributed by atoms with E-state index in [1.54, 1.807) is 28.5 Å². The van der Waals surface area contributed by atoms with Gasteiger partial charge in [-0.25, -0.2) is 14.4 Å². The highest BCUT2D eigenvalue weighted by Crippen LogP contribution is 2.44. The second-order valence-corrected chi connectivity index (χ2v) is 11.6. The van der Waals surface area contributed by atoms with Gasteiger partial charge in [0, 0.05) is 26.1 Å². The number of likely N-dealkylation sites (tertiary alicyclic amines) is 1. The first-order chi connectivity index (χ1) is 20.1. The van der Waals surface area contributed by atoms with Gasteiger partial charge < -0.3 is 19.1 Å². The van der Waals surface area contributed by atoms with Crippen LogP contribution in [0.5, 0.6) is 0 Å². The number of rotatable bonds is 7. The van der Waals surface area contributed by atoms with Gasteiger partial charge in [0.25, 0.3) is 0 Å². The van der Waals surface area contributed by atoms with Crippen LogP contribution in [0.15, 0.2) is 54.7 Å². The first-order valence-electron chi connectivity index (χ1n) is 14.3. The number of hydrogen-bond acceptors (Lipinski definition) is 7. The third-order valence-electron chi connectivity index (χ3n) is 7.70. The molecule has 1 atom stereocenters. The Balaban J connectivity index is 1.39. The Hall–Kier alpha value is -4.34. The Morgan fingerprint density at radius 2 is 1.64 bits per heavy atom. The van der Waals surface area contributed by atoms with Gasteiger partial charge in [-0.3, -0.25) is 9.58 Å². The van der Waals surface area contributed by atoms with E-state index in [4.69, 9.17) is 14.2 Å². The van der Waals surface area contributed by atoms with Crippen molar-refractivity contribution in [1.29, 1.82) is 0 Å². The number of nitrogens with zero attached hydrogens (tertiary/aromatic N) is 4. The highest BCUT2D eigenvalue weighted by Gasteiger charge is 2.38. The average Bonchev–Trinajstić information content (AvgIpc) is 3.66. The number of amides is 2. The van der Waals surface area contributed by atoms with Crippen LogP contribution < -0.4 is 0 Å². The number of esters is 1. The van der Waals surface area contributed by atoms with E-state index < -0.39 is 23.8 Å². The lowest BCUT2D eigenvalue weighted by Crippen LogP contribution is -2.44. The third-order valence-corrected chi connectivity index (χ3v) is 7.70. The molecule has 1 fully saturated rings. The van der Waals surface area contributed by atoms with E-state index in [9.17, 15) is 14.4 Å². The lowest BCUT2D eigenvalue weighted by Gasteiger charge is -2.30. The molecule has 1 aliphatic heterocycles. The number of ether oxygens (including phenoxy) is 3. The Morgan fingerprint density at radius 3 is 2.26 bits per heavy atom. The summed E-state index contributed by atoms with van der Waals surface area (Å²) < 4.78 is 18.4. The van der Waals surface area contributed by atoms with Gasteiger partial charge in [0.15, 0.2) is 0 Å². The summed E-state index contributed by atoms with van der Waals surface area (Å²) in [6.07, 6.45) is 1.04. The molecule has 0 N–H and O–H groups in total. The maximum Gasteiger partial charge on any atom is 0.410 e. The molecule has 0 bridgehead atoms. The van der Waals surface area contributed by atoms with Gasteiger partial charge >= 0.3 is 18.2 Å². The smallest absolute Gasteiger partial charge is 0.410 e. The molecule has 0 unspecified atom stereocenters. The first-order valence-corrected chi connectivity index (χ1v) is 14.3. The molecule has 0 radical (unpaired) electrons. The van der Waals surface area contributed by atoms with Crippen LogP contribution in [-0.2, 0) is 27.8 Å². The molecule has 42 heavy (non-hydrogen) atoms. The van der Waals surface area contributed by atoms with Crippen molar-refractivity contribution in [2.75, 3.05) is 26.3 Å². The SMILES string of the molecule is CCOC(=O)c1cnn(C)c1CN(C(=O)OCC1c2ccccc2-c2ccccc21)[C@H]1CCN(C(=O)OC(C)(C)C)C1. The fourth-order valence-corrected chi connectivity index (χ4v) is 5.70. The molecule has 2 aromatic carbocycles. The van der Waals surface area contributed by atoms with Crippen molar-refractivity contribution in [1.82, 2.24) is 19.6 Å². The Morgan fingerprint density at radius 1 is 1.00 bits per heavy atom. The maximum atomic E-state index is 13.9. The second kappa shape index (κ2) is 11.9. The van der Waals surface area contributed by atoms with Crippen LogP contribution in [0.25, 0.3) is 11.1 Å². The Labute approximate surface area is 246 Å². The summed E-state index contributed by atoms with van der Waals surface area (Å²) in [6, 6.07) is 16.0.